The smallest absolute Gasteiger partial charge is 0.307 e. The van der Waals surface area contributed by atoms with Gasteiger partial charge in [0.05, 0.1) is 6.42 Å². The minimum atomic E-state index is -0.813. The number of fused-ring (bicyclic) bond motifs is 1. The third-order valence-electron chi connectivity index (χ3n) is 5.20. The molecule has 0 spiro atoms. The number of carbonyl (C=O) groups is 1. The quantitative estimate of drug-likeness (QED) is 0.379. The molecule has 0 amide bonds. The van der Waals surface area contributed by atoms with E-state index in [1.807, 2.05) is 61.5 Å². The van der Waals surface area contributed by atoms with Gasteiger partial charge < -0.3 is 9.84 Å². The number of halogens is 1. The van der Waals surface area contributed by atoms with Gasteiger partial charge in [-0.05, 0) is 98.8 Å². The summed E-state index contributed by atoms with van der Waals surface area (Å²) >= 11 is 2.27. The molecule has 0 saturated heterocycles. The van der Waals surface area contributed by atoms with Crippen molar-refractivity contribution in [2.24, 2.45) is 0 Å². The van der Waals surface area contributed by atoms with Crippen molar-refractivity contribution in [3.63, 3.8) is 0 Å². The maximum atomic E-state index is 11.4. The zero-order valence-corrected chi connectivity index (χ0v) is 18.7. The van der Waals surface area contributed by atoms with Crippen molar-refractivity contribution in [2.45, 2.75) is 20.0 Å². The van der Waals surface area contributed by atoms with Gasteiger partial charge in [0.25, 0.3) is 0 Å². The first-order valence-electron chi connectivity index (χ1n) is 9.72. The van der Waals surface area contributed by atoms with E-state index in [-0.39, 0.29) is 6.42 Å². The molecule has 0 fully saturated rings. The number of benzene rings is 3. The van der Waals surface area contributed by atoms with Crippen LogP contribution in [-0.2, 0) is 11.4 Å². The molecule has 1 N–H and O–H groups in total. The molecule has 3 nitrogen and oxygen atoms in total. The molecule has 30 heavy (non-hydrogen) atoms. The minimum Gasteiger partial charge on any atom is -0.489 e. The summed E-state index contributed by atoms with van der Waals surface area (Å²) in [5.41, 5.74) is 7.22. The van der Waals surface area contributed by atoms with Gasteiger partial charge >= 0.3 is 5.97 Å². The van der Waals surface area contributed by atoms with Crippen LogP contribution in [0.25, 0.3) is 17.2 Å². The maximum absolute atomic E-state index is 11.4. The van der Waals surface area contributed by atoms with Crippen LogP contribution in [0, 0.1) is 3.57 Å². The topological polar surface area (TPSA) is 46.5 Å². The number of carboxylic acids is 1. The van der Waals surface area contributed by atoms with Gasteiger partial charge in [-0.15, -0.1) is 0 Å². The molecule has 0 bridgehead atoms. The van der Waals surface area contributed by atoms with Gasteiger partial charge in [-0.2, -0.15) is 0 Å². The Morgan fingerprint density at radius 3 is 2.57 bits per heavy atom. The van der Waals surface area contributed by atoms with Crippen LogP contribution >= 0.6 is 22.6 Å². The number of hydrogen-bond acceptors (Lipinski definition) is 2. The van der Waals surface area contributed by atoms with Gasteiger partial charge in [0, 0.05) is 3.57 Å². The predicted octanol–water partition coefficient (Wildman–Crippen LogP) is 6.67. The number of allylic oxidation sites excluding steroid dienone is 2. The van der Waals surface area contributed by atoms with Crippen LogP contribution in [0.2, 0.25) is 0 Å². The molecule has 4 heteroatoms. The van der Waals surface area contributed by atoms with E-state index in [2.05, 4.69) is 46.9 Å². The van der Waals surface area contributed by atoms with Crippen LogP contribution in [0.15, 0.2) is 78.4 Å². The van der Waals surface area contributed by atoms with Crippen molar-refractivity contribution in [1.29, 1.82) is 0 Å². The van der Waals surface area contributed by atoms with E-state index in [0.717, 1.165) is 48.3 Å². The molecule has 150 valence electrons. The Bertz CT molecular complexity index is 1160. The van der Waals surface area contributed by atoms with E-state index >= 15 is 0 Å². The fraction of sp³-hybridized carbons (Fsp3) is 0.115. The van der Waals surface area contributed by atoms with Gasteiger partial charge in [-0.25, -0.2) is 0 Å². The van der Waals surface area contributed by atoms with Crippen LogP contribution < -0.4 is 4.74 Å². The van der Waals surface area contributed by atoms with E-state index < -0.39 is 5.97 Å². The highest BCUT2D eigenvalue weighted by Crippen LogP contribution is 2.44. The molecule has 3 aromatic rings. The number of rotatable bonds is 6. The van der Waals surface area contributed by atoms with Crippen molar-refractivity contribution in [3.8, 4) is 5.75 Å². The Labute approximate surface area is 189 Å². The van der Waals surface area contributed by atoms with Crippen molar-refractivity contribution < 1.29 is 14.6 Å². The third-order valence-corrected chi connectivity index (χ3v) is 5.87. The average Bonchev–Trinajstić information content (AvgIpc) is 2.98. The normalized spacial score (nSPS) is 14.1. The van der Waals surface area contributed by atoms with Crippen molar-refractivity contribution in [3.05, 3.63) is 104 Å². The summed E-state index contributed by atoms with van der Waals surface area (Å²) in [5, 5.41) is 9.38. The van der Waals surface area contributed by atoms with E-state index in [1.165, 1.54) is 0 Å². The van der Waals surface area contributed by atoms with Gasteiger partial charge in [0.15, 0.2) is 0 Å². The second-order valence-electron chi connectivity index (χ2n) is 7.27. The van der Waals surface area contributed by atoms with Gasteiger partial charge in [-0.3, -0.25) is 4.79 Å². The lowest BCUT2D eigenvalue weighted by atomic mass is 10.0. The number of ether oxygens (including phenoxy) is 1. The summed E-state index contributed by atoms with van der Waals surface area (Å²) in [4.78, 5) is 11.4. The molecule has 0 heterocycles. The van der Waals surface area contributed by atoms with E-state index in [1.54, 1.807) is 0 Å². The number of carboxylic acid groups (broad SMARTS) is 1. The summed E-state index contributed by atoms with van der Waals surface area (Å²) in [5.74, 6) is -0.00635. The lowest BCUT2D eigenvalue weighted by molar-refractivity contribution is -0.135. The first kappa shape index (κ1) is 20.4. The van der Waals surface area contributed by atoms with Crippen LogP contribution in [-0.4, -0.2) is 11.1 Å². The summed E-state index contributed by atoms with van der Waals surface area (Å²) in [6, 6.07) is 24.3. The Morgan fingerprint density at radius 1 is 1.00 bits per heavy atom. The molecule has 0 radical (unpaired) electrons. The summed E-state index contributed by atoms with van der Waals surface area (Å²) in [7, 11) is 0. The zero-order chi connectivity index (χ0) is 21.1. The lowest BCUT2D eigenvalue weighted by Gasteiger charge is -2.08. The number of aliphatic carboxylic acids is 1. The van der Waals surface area contributed by atoms with Crippen LogP contribution in [0.5, 0.6) is 5.75 Å². The molecule has 3 aromatic carbocycles. The highest BCUT2D eigenvalue weighted by Gasteiger charge is 2.25. The largest absolute Gasteiger partial charge is 0.489 e. The first-order chi connectivity index (χ1) is 14.5. The Kier molecular flexibility index (Phi) is 6.04. The van der Waals surface area contributed by atoms with Crippen LogP contribution in [0.1, 0.15) is 35.6 Å². The standard InChI is InChI=1S/C26H21IO3/c1-17-23(22-11-10-20(27)14-25(22)24(17)15-26(28)29)13-19-8-5-9-21(12-19)30-16-18-6-3-2-4-7-18/h2-14H,15-16H2,1H3,(H,28,29)/b23-13-. The van der Waals surface area contributed by atoms with Gasteiger partial charge in [0.2, 0.25) is 0 Å². The highest BCUT2D eigenvalue weighted by molar-refractivity contribution is 14.1. The molecular weight excluding hydrogens is 487 g/mol. The molecule has 0 atom stereocenters. The van der Waals surface area contributed by atoms with Crippen molar-refractivity contribution >= 4 is 45.8 Å². The summed E-state index contributed by atoms with van der Waals surface area (Å²) < 4.78 is 7.06. The monoisotopic (exact) mass is 508 g/mol. The molecule has 0 saturated carbocycles. The van der Waals surface area contributed by atoms with Gasteiger partial charge in [-0.1, -0.05) is 48.5 Å². The number of hydrogen-bond donors (Lipinski definition) is 1. The molecule has 1 aliphatic carbocycles. The molecule has 4 rings (SSSR count). The van der Waals surface area contributed by atoms with E-state index in [4.69, 9.17) is 4.74 Å². The van der Waals surface area contributed by atoms with Crippen molar-refractivity contribution in [2.75, 3.05) is 0 Å². The molecule has 1 aliphatic rings. The maximum Gasteiger partial charge on any atom is 0.307 e. The second kappa shape index (κ2) is 8.88. The summed E-state index contributed by atoms with van der Waals surface area (Å²) in [6.45, 7) is 2.52. The summed E-state index contributed by atoms with van der Waals surface area (Å²) in [6.07, 6.45) is 2.14. The van der Waals surface area contributed by atoms with Crippen LogP contribution in [0.3, 0.4) is 0 Å². The Morgan fingerprint density at radius 2 is 1.80 bits per heavy atom. The van der Waals surface area contributed by atoms with Crippen molar-refractivity contribution in [1.82, 2.24) is 0 Å². The zero-order valence-electron chi connectivity index (χ0n) is 16.6. The average molecular weight is 508 g/mol. The van der Waals surface area contributed by atoms with Crippen LogP contribution in [0.4, 0.5) is 0 Å². The second-order valence-corrected chi connectivity index (χ2v) is 8.51. The molecule has 0 aromatic heterocycles. The third kappa shape index (κ3) is 4.49. The molecule has 0 unspecified atom stereocenters. The highest BCUT2D eigenvalue weighted by atomic mass is 127. The SMILES string of the molecule is CC1=C(CC(=O)O)c2cc(I)ccc2/C1=C\c1cccc(OCc2ccccc2)c1. The fourth-order valence-electron chi connectivity index (χ4n) is 3.73. The fourth-order valence-corrected chi connectivity index (χ4v) is 4.23. The van der Waals surface area contributed by atoms with E-state index in [0.29, 0.717) is 6.61 Å². The Balaban J connectivity index is 1.66. The first-order valence-corrected chi connectivity index (χ1v) is 10.8. The van der Waals surface area contributed by atoms with Gasteiger partial charge in [0.1, 0.15) is 12.4 Å². The Hall–Kier alpha value is -2.86. The minimum absolute atomic E-state index is 0.0243. The van der Waals surface area contributed by atoms with E-state index in [9.17, 15) is 9.90 Å². The molecule has 0 aliphatic heterocycles. The lowest BCUT2D eigenvalue weighted by Crippen LogP contribution is -1.97. The predicted molar refractivity (Wildman–Crippen MR) is 129 cm³/mol. The molecular formula is C26H21IO3.